The second kappa shape index (κ2) is 17.0. The first-order valence-electron chi connectivity index (χ1n) is 15.8. The predicted octanol–water partition coefficient (Wildman–Crippen LogP) is 7.03. The molecule has 2 amide bonds. The summed E-state index contributed by atoms with van der Waals surface area (Å²) in [6.45, 7) is 2.61. The molecule has 1 atom stereocenters. The van der Waals surface area contributed by atoms with Crippen LogP contribution in [0.2, 0.25) is 10.0 Å². The molecular weight excluding hydrogens is 645 g/mol. The van der Waals surface area contributed by atoms with Gasteiger partial charge in [0.2, 0.25) is 21.8 Å². The molecule has 3 aromatic rings. The number of anilines is 1. The van der Waals surface area contributed by atoms with Crippen molar-refractivity contribution in [2.75, 3.05) is 23.7 Å². The molecule has 46 heavy (non-hydrogen) atoms. The Labute approximate surface area is 283 Å². The molecule has 1 fully saturated rings. The van der Waals surface area contributed by atoms with Gasteiger partial charge in [0.25, 0.3) is 0 Å². The third-order valence-electron chi connectivity index (χ3n) is 8.15. The lowest BCUT2D eigenvalue weighted by Gasteiger charge is -2.34. The largest absolute Gasteiger partial charge is 0.494 e. The van der Waals surface area contributed by atoms with Crippen molar-refractivity contribution >= 4 is 50.7 Å². The Hall–Kier alpha value is -3.27. The smallest absolute Gasteiger partial charge is 0.243 e. The molecule has 0 aliphatic heterocycles. The number of amides is 2. The van der Waals surface area contributed by atoms with Crippen molar-refractivity contribution < 1.29 is 22.7 Å². The van der Waals surface area contributed by atoms with E-state index in [1.807, 2.05) is 37.3 Å². The minimum atomic E-state index is -3.63. The maximum absolute atomic E-state index is 14.1. The molecule has 1 N–H and O–H groups in total. The van der Waals surface area contributed by atoms with E-state index in [0.717, 1.165) is 49.5 Å². The van der Waals surface area contributed by atoms with Crippen LogP contribution < -0.4 is 14.4 Å². The van der Waals surface area contributed by atoms with Gasteiger partial charge in [0.1, 0.15) is 11.8 Å². The molecule has 0 spiro atoms. The molecule has 1 unspecified atom stereocenters. The molecule has 0 saturated heterocycles. The van der Waals surface area contributed by atoms with Gasteiger partial charge in [-0.3, -0.25) is 13.9 Å². The van der Waals surface area contributed by atoms with Gasteiger partial charge in [-0.25, -0.2) is 8.42 Å². The van der Waals surface area contributed by atoms with Crippen LogP contribution >= 0.6 is 23.2 Å². The van der Waals surface area contributed by atoms with Crippen LogP contribution in [0.5, 0.6) is 5.75 Å². The molecule has 0 bridgehead atoms. The summed E-state index contributed by atoms with van der Waals surface area (Å²) < 4.78 is 32.3. The van der Waals surface area contributed by atoms with Gasteiger partial charge in [-0.15, -0.1) is 0 Å². The minimum absolute atomic E-state index is 0.0341. The molecule has 4 rings (SSSR count). The highest BCUT2D eigenvalue weighted by atomic mass is 35.5. The Balaban J connectivity index is 1.59. The average molecular weight is 689 g/mol. The van der Waals surface area contributed by atoms with Gasteiger partial charge in [0, 0.05) is 32.0 Å². The van der Waals surface area contributed by atoms with Crippen molar-refractivity contribution in [3.8, 4) is 5.75 Å². The molecule has 0 radical (unpaired) electrons. The van der Waals surface area contributed by atoms with Gasteiger partial charge in [-0.1, -0.05) is 78.9 Å². The monoisotopic (exact) mass is 687 g/mol. The van der Waals surface area contributed by atoms with Crippen molar-refractivity contribution in [2.24, 2.45) is 0 Å². The summed E-state index contributed by atoms with van der Waals surface area (Å²) in [5, 5.41) is 3.99. The van der Waals surface area contributed by atoms with Gasteiger partial charge in [-0.05, 0) is 73.7 Å². The fraction of sp³-hybridized carbons (Fsp3) is 0.429. The lowest BCUT2D eigenvalue weighted by molar-refractivity contribution is -0.141. The summed E-state index contributed by atoms with van der Waals surface area (Å²) in [6, 6.07) is 20.9. The van der Waals surface area contributed by atoms with E-state index >= 15 is 0 Å². The molecular formula is C35H43Cl2N3O5S. The molecule has 3 aromatic carbocycles. The van der Waals surface area contributed by atoms with Crippen LogP contribution in [0.15, 0.2) is 72.8 Å². The van der Waals surface area contributed by atoms with Gasteiger partial charge in [0.15, 0.2) is 0 Å². The first kappa shape index (κ1) is 35.6. The van der Waals surface area contributed by atoms with Gasteiger partial charge in [0.05, 0.1) is 28.6 Å². The maximum Gasteiger partial charge on any atom is 0.243 e. The van der Waals surface area contributed by atoms with Crippen LogP contribution in [0.25, 0.3) is 0 Å². The Bertz CT molecular complexity index is 1550. The summed E-state index contributed by atoms with van der Waals surface area (Å²) in [6.07, 6.45) is 6.86. The first-order chi connectivity index (χ1) is 22.0. The Morgan fingerprint density at radius 3 is 2.26 bits per heavy atom. The quantitative estimate of drug-likeness (QED) is 0.185. The molecule has 1 aliphatic carbocycles. The van der Waals surface area contributed by atoms with Crippen molar-refractivity contribution in [1.29, 1.82) is 0 Å². The van der Waals surface area contributed by atoms with Crippen molar-refractivity contribution in [3.05, 3.63) is 94.0 Å². The van der Waals surface area contributed by atoms with Gasteiger partial charge < -0.3 is 15.0 Å². The van der Waals surface area contributed by atoms with E-state index in [1.54, 1.807) is 47.4 Å². The highest BCUT2D eigenvalue weighted by Crippen LogP contribution is 2.26. The second-order valence-electron chi connectivity index (χ2n) is 11.7. The zero-order valence-electron chi connectivity index (χ0n) is 26.5. The SMILES string of the molecule is CCOc1ccc(N(CCCC(=O)N(Cc2ccc(Cl)c(Cl)c2)C(Cc2ccccc2)C(=O)NC2CCCCC2)S(C)(=O)=O)cc1. The van der Waals surface area contributed by atoms with E-state index in [1.165, 1.54) is 4.31 Å². The van der Waals surface area contributed by atoms with E-state index in [0.29, 0.717) is 34.5 Å². The van der Waals surface area contributed by atoms with Crippen LogP contribution in [0.3, 0.4) is 0 Å². The fourth-order valence-electron chi connectivity index (χ4n) is 5.81. The number of hydrogen-bond acceptors (Lipinski definition) is 5. The number of nitrogens with zero attached hydrogens (tertiary/aromatic N) is 2. The van der Waals surface area contributed by atoms with Crippen molar-refractivity contribution in [2.45, 2.75) is 76.9 Å². The number of carbonyl (C=O) groups is 2. The summed E-state index contributed by atoms with van der Waals surface area (Å²) in [4.78, 5) is 29.7. The minimum Gasteiger partial charge on any atom is -0.494 e. The number of sulfonamides is 1. The Morgan fingerprint density at radius 1 is 0.935 bits per heavy atom. The first-order valence-corrected chi connectivity index (χ1v) is 18.4. The van der Waals surface area contributed by atoms with Gasteiger partial charge in [-0.2, -0.15) is 0 Å². The average Bonchev–Trinajstić information content (AvgIpc) is 3.03. The topological polar surface area (TPSA) is 96.0 Å². The fourth-order valence-corrected chi connectivity index (χ4v) is 7.10. The number of benzene rings is 3. The number of carbonyl (C=O) groups excluding carboxylic acids is 2. The zero-order valence-corrected chi connectivity index (χ0v) is 28.8. The van der Waals surface area contributed by atoms with E-state index in [4.69, 9.17) is 27.9 Å². The highest BCUT2D eigenvalue weighted by Gasteiger charge is 2.32. The Morgan fingerprint density at radius 2 is 1.63 bits per heavy atom. The summed E-state index contributed by atoms with van der Waals surface area (Å²) in [5.74, 6) is 0.186. The van der Waals surface area contributed by atoms with E-state index < -0.39 is 16.1 Å². The van der Waals surface area contributed by atoms with Crippen LogP contribution in [0.1, 0.15) is 63.0 Å². The van der Waals surface area contributed by atoms with E-state index in [2.05, 4.69) is 5.32 Å². The molecule has 248 valence electrons. The second-order valence-corrected chi connectivity index (χ2v) is 14.4. The normalized spacial score (nSPS) is 14.3. The van der Waals surface area contributed by atoms with Crippen LogP contribution in [0, 0.1) is 0 Å². The van der Waals surface area contributed by atoms with Crippen LogP contribution in [0.4, 0.5) is 5.69 Å². The number of rotatable bonds is 15. The lowest BCUT2D eigenvalue weighted by Crippen LogP contribution is -2.52. The lowest BCUT2D eigenvalue weighted by atomic mass is 9.94. The summed E-state index contributed by atoms with van der Waals surface area (Å²) >= 11 is 12.5. The third kappa shape index (κ3) is 10.4. The zero-order chi connectivity index (χ0) is 33.1. The van der Waals surface area contributed by atoms with Crippen LogP contribution in [-0.2, 0) is 32.6 Å². The molecule has 1 aliphatic rings. The number of nitrogens with one attached hydrogen (secondary N) is 1. The van der Waals surface area contributed by atoms with Crippen molar-refractivity contribution in [3.63, 3.8) is 0 Å². The molecule has 0 aromatic heterocycles. The maximum atomic E-state index is 14.1. The van der Waals surface area contributed by atoms with Crippen molar-refractivity contribution in [1.82, 2.24) is 10.2 Å². The molecule has 1 saturated carbocycles. The highest BCUT2D eigenvalue weighted by molar-refractivity contribution is 7.92. The Kier molecular flexibility index (Phi) is 13.2. The number of ether oxygens (including phenoxy) is 1. The third-order valence-corrected chi connectivity index (χ3v) is 10.1. The molecule has 0 heterocycles. The summed E-state index contributed by atoms with van der Waals surface area (Å²) in [7, 11) is -3.63. The molecule has 11 heteroatoms. The predicted molar refractivity (Wildman–Crippen MR) is 185 cm³/mol. The van der Waals surface area contributed by atoms with E-state index in [9.17, 15) is 18.0 Å². The number of hydrogen-bond donors (Lipinski definition) is 1. The van der Waals surface area contributed by atoms with E-state index in [-0.39, 0.29) is 43.8 Å². The van der Waals surface area contributed by atoms with Gasteiger partial charge >= 0.3 is 0 Å². The standard InChI is InChI=1S/C35H43Cl2N3O5S/c1-3-45-30-19-17-29(18-20-30)40(46(2,43)44)22-10-15-34(41)39(25-27-16-21-31(36)32(37)23-27)33(24-26-11-6-4-7-12-26)35(42)38-28-13-8-5-9-14-28/h4,6-7,11-12,16-21,23,28,33H,3,5,8-10,13-15,22,24-25H2,1-2H3,(H,38,42). The molecule has 8 nitrogen and oxygen atoms in total. The number of halogens is 2. The van der Waals surface area contributed by atoms with Crippen LogP contribution in [-0.4, -0.2) is 56.6 Å². The summed E-state index contributed by atoms with van der Waals surface area (Å²) in [5.41, 5.74) is 2.15.